The van der Waals surface area contributed by atoms with Crippen molar-refractivity contribution in [3.63, 3.8) is 0 Å². The minimum absolute atomic E-state index is 0.0292. The number of rotatable bonds is 5. The fraction of sp³-hybridized carbons (Fsp3) is 0.409. The van der Waals surface area contributed by atoms with E-state index in [4.69, 9.17) is 11.6 Å². The Labute approximate surface area is 187 Å². The summed E-state index contributed by atoms with van der Waals surface area (Å²) in [5.74, 6) is -4.62. The number of carbonyl (C=O) groups excluding carboxylic acids is 3. The first kappa shape index (κ1) is 22.4. The first-order valence-electron chi connectivity index (χ1n) is 10.5. The predicted octanol–water partition coefficient (Wildman–Crippen LogP) is 3.22. The van der Waals surface area contributed by atoms with Crippen LogP contribution in [0.1, 0.15) is 58.6 Å². The van der Waals surface area contributed by atoms with Crippen molar-refractivity contribution in [2.75, 3.05) is 5.32 Å². The third-order valence-electron chi connectivity index (χ3n) is 5.98. The fourth-order valence-corrected chi connectivity index (χ4v) is 4.76. The van der Waals surface area contributed by atoms with Gasteiger partial charge >= 0.3 is 0 Å². The molecule has 2 atom stereocenters. The summed E-state index contributed by atoms with van der Waals surface area (Å²) in [4.78, 5) is 38.5. The van der Waals surface area contributed by atoms with Crippen LogP contribution in [0.2, 0.25) is 5.02 Å². The van der Waals surface area contributed by atoms with Crippen molar-refractivity contribution in [3.8, 4) is 0 Å². The topological polar surface area (TPSA) is 100 Å². The fourth-order valence-electron chi connectivity index (χ4n) is 4.37. The van der Waals surface area contributed by atoms with E-state index in [-0.39, 0.29) is 22.0 Å². The molecule has 0 radical (unpaired) electrons. The molecule has 170 valence electrons. The Morgan fingerprint density at radius 3 is 2.56 bits per heavy atom. The van der Waals surface area contributed by atoms with Crippen LogP contribution in [0.25, 0.3) is 0 Å². The van der Waals surface area contributed by atoms with E-state index in [9.17, 15) is 28.3 Å². The highest BCUT2D eigenvalue weighted by Gasteiger charge is 2.35. The number of anilines is 1. The van der Waals surface area contributed by atoms with Gasteiger partial charge in [-0.2, -0.15) is 0 Å². The maximum atomic E-state index is 13.5. The third kappa shape index (κ3) is 4.14. The van der Waals surface area contributed by atoms with Gasteiger partial charge in [-0.1, -0.05) is 11.6 Å². The summed E-state index contributed by atoms with van der Waals surface area (Å²) in [6.07, 6.45) is 3.13. The van der Waals surface area contributed by atoms with Crippen molar-refractivity contribution in [3.05, 3.63) is 51.8 Å². The van der Waals surface area contributed by atoms with Crippen LogP contribution >= 0.6 is 11.6 Å². The number of halogens is 3. The molecule has 1 aromatic carbocycles. The number of benzene rings is 1. The van der Waals surface area contributed by atoms with E-state index in [1.165, 1.54) is 6.07 Å². The molecule has 32 heavy (non-hydrogen) atoms. The molecule has 2 aliphatic rings. The largest absolute Gasteiger partial charge is 0.391 e. The van der Waals surface area contributed by atoms with Gasteiger partial charge in [0.05, 0.1) is 22.7 Å². The van der Waals surface area contributed by atoms with Crippen LogP contribution < -0.4 is 10.6 Å². The van der Waals surface area contributed by atoms with Gasteiger partial charge < -0.3 is 20.3 Å². The number of amides is 2. The van der Waals surface area contributed by atoms with Gasteiger partial charge in [0.15, 0.2) is 11.6 Å². The quantitative estimate of drug-likeness (QED) is 0.466. The summed E-state index contributed by atoms with van der Waals surface area (Å²) >= 11 is 6.46. The van der Waals surface area contributed by atoms with Crippen LogP contribution in [0.5, 0.6) is 0 Å². The molecule has 1 aliphatic carbocycles. The van der Waals surface area contributed by atoms with Gasteiger partial charge in [0.1, 0.15) is 5.69 Å². The predicted molar refractivity (Wildman–Crippen MR) is 113 cm³/mol. The lowest BCUT2D eigenvalue weighted by molar-refractivity contribution is -0.118. The summed E-state index contributed by atoms with van der Waals surface area (Å²) in [6, 6.07) is 2.44. The summed E-state index contributed by atoms with van der Waals surface area (Å²) in [6.45, 7) is 0.411. The molecule has 1 saturated carbocycles. The number of ketones is 1. The zero-order valence-corrected chi connectivity index (χ0v) is 17.8. The highest BCUT2D eigenvalue weighted by atomic mass is 35.5. The normalized spacial score (nSPS) is 20.0. The van der Waals surface area contributed by atoms with Crippen LogP contribution in [0.3, 0.4) is 0 Å². The van der Waals surface area contributed by atoms with E-state index >= 15 is 0 Å². The Hall–Kier alpha value is -2.78. The number of hydrogen-bond acceptors (Lipinski definition) is 4. The molecule has 3 N–H and O–H groups in total. The van der Waals surface area contributed by atoms with Crippen molar-refractivity contribution < 1.29 is 28.3 Å². The lowest BCUT2D eigenvalue weighted by Gasteiger charge is -2.19. The molecule has 2 aromatic rings. The minimum Gasteiger partial charge on any atom is -0.391 e. The number of aromatic nitrogens is 1. The van der Waals surface area contributed by atoms with Crippen molar-refractivity contribution in [2.45, 2.75) is 57.2 Å². The van der Waals surface area contributed by atoms with Gasteiger partial charge in [0.2, 0.25) is 0 Å². The number of Topliss-reactive ketones (excluding diaryl/α,β-unsaturated/α-hetero) is 1. The maximum Gasteiger partial charge on any atom is 0.294 e. The molecule has 1 aromatic heterocycles. The number of nitrogens with one attached hydrogen (secondary N) is 2. The number of fused-ring (bicyclic) bond motifs is 1. The lowest BCUT2D eigenvalue weighted by atomic mass is 10.1. The molecule has 0 spiro atoms. The highest BCUT2D eigenvalue weighted by Crippen LogP contribution is 2.33. The summed E-state index contributed by atoms with van der Waals surface area (Å²) in [5, 5.41) is 14.8. The van der Waals surface area contributed by atoms with E-state index in [1.54, 1.807) is 4.57 Å². The standard InChI is InChI=1S/C22H22ClF2N3O4/c23-18-17(21(31)26-11-7-8-12(24)13(25)10-11)15-5-1-2-9-28(15)19(18)20(30)22(32)27-14-4-3-6-16(14)29/h7-8,10,14,16,29H,1-6,9H2,(H,26,31)(H,27,32)/t14-,16+/m0/s1. The molecule has 1 aliphatic heterocycles. The molecule has 2 heterocycles. The van der Waals surface area contributed by atoms with Crippen LogP contribution in [0.15, 0.2) is 18.2 Å². The molecule has 1 fully saturated rings. The monoisotopic (exact) mass is 465 g/mol. The average molecular weight is 466 g/mol. The summed E-state index contributed by atoms with van der Waals surface area (Å²) in [5.41, 5.74) is 0.495. The molecule has 4 rings (SSSR count). The average Bonchev–Trinajstić information content (AvgIpc) is 3.29. The van der Waals surface area contributed by atoms with Crippen molar-refractivity contribution in [2.24, 2.45) is 0 Å². The van der Waals surface area contributed by atoms with Crippen molar-refractivity contribution in [1.82, 2.24) is 9.88 Å². The maximum absolute atomic E-state index is 13.5. The lowest BCUT2D eigenvalue weighted by Crippen LogP contribution is -2.43. The van der Waals surface area contributed by atoms with Gasteiger partial charge in [-0.3, -0.25) is 14.4 Å². The third-order valence-corrected chi connectivity index (χ3v) is 6.35. The van der Waals surface area contributed by atoms with E-state index in [1.807, 2.05) is 0 Å². The molecule has 0 unspecified atom stereocenters. The van der Waals surface area contributed by atoms with Gasteiger partial charge in [0.25, 0.3) is 17.6 Å². The van der Waals surface area contributed by atoms with Crippen LogP contribution in [-0.4, -0.2) is 39.4 Å². The van der Waals surface area contributed by atoms with Gasteiger partial charge in [0, 0.05) is 24.0 Å². The number of hydrogen-bond donors (Lipinski definition) is 3. The van der Waals surface area contributed by atoms with Crippen molar-refractivity contribution >= 4 is 34.9 Å². The smallest absolute Gasteiger partial charge is 0.294 e. The zero-order valence-electron chi connectivity index (χ0n) is 17.1. The number of carbonyl (C=O) groups is 3. The molecular weight excluding hydrogens is 444 g/mol. The van der Waals surface area contributed by atoms with Gasteiger partial charge in [-0.25, -0.2) is 8.78 Å². The zero-order chi connectivity index (χ0) is 23.0. The second-order valence-electron chi connectivity index (χ2n) is 8.08. The number of nitrogens with zero attached hydrogens (tertiary/aromatic N) is 1. The molecule has 0 saturated heterocycles. The Bertz CT molecular complexity index is 1100. The molecule has 10 heteroatoms. The Morgan fingerprint density at radius 1 is 1.09 bits per heavy atom. The number of aliphatic hydroxyl groups excluding tert-OH is 1. The molecule has 2 amide bonds. The Kier molecular flexibility index (Phi) is 6.30. The van der Waals surface area contributed by atoms with Gasteiger partial charge in [-0.05, 0) is 50.7 Å². The summed E-state index contributed by atoms with van der Waals surface area (Å²) in [7, 11) is 0. The van der Waals surface area contributed by atoms with Crippen LogP contribution in [0, 0.1) is 11.6 Å². The van der Waals surface area contributed by atoms with E-state index in [2.05, 4.69) is 10.6 Å². The Morgan fingerprint density at radius 2 is 1.88 bits per heavy atom. The minimum atomic E-state index is -1.12. The molecule has 7 nitrogen and oxygen atoms in total. The van der Waals surface area contributed by atoms with Gasteiger partial charge in [-0.15, -0.1) is 0 Å². The molecular formula is C22H22ClF2N3O4. The first-order valence-corrected chi connectivity index (χ1v) is 10.9. The van der Waals surface area contributed by atoms with E-state index in [0.717, 1.165) is 31.4 Å². The molecule has 0 bridgehead atoms. The van der Waals surface area contributed by atoms with Crippen molar-refractivity contribution in [1.29, 1.82) is 0 Å². The summed E-state index contributed by atoms with van der Waals surface area (Å²) < 4.78 is 28.3. The second kappa shape index (κ2) is 8.99. The number of aliphatic hydroxyl groups is 1. The highest BCUT2D eigenvalue weighted by molar-refractivity contribution is 6.48. The van der Waals surface area contributed by atoms with E-state index < -0.39 is 41.4 Å². The Balaban J connectivity index is 1.64. The van der Waals surface area contributed by atoms with E-state index in [0.29, 0.717) is 31.5 Å². The first-order chi connectivity index (χ1) is 15.3. The second-order valence-corrected chi connectivity index (χ2v) is 8.46. The SMILES string of the molecule is O=C(N[C@H]1CCC[C@H]1O)C(=O)c1c(Cl)c(C(=O)Nc2ccc(F)c(F)c2)c2n1CCCC2. The van der Waals surface area contributed by atoms with Crippen LogP contribution in [0.4, 0.5) is 14.5 Å². The van der Waals surface area contributed by atoms with Crippen LogP contribution in [-0.2, 0) is 17.8 Å².